The predicted molar refractivity (Wildman–Crippen MR) is 122 cm³/mol. The summed E-state index contributed by atoms with van der Waals surface area (Å²) in [5, 5.41) is 70.6. The van der Waals surface area contributed by atoms with Gasteiger partial charge in [0.15, 0.2) is 23.0 Å². The van der Waals surface area contributed by atoms with Crippen LogP contribution >= 0.6 is 0 Å². The monoisotopic (exact) mass is 452 g/mol. The summed E-state index contributed by atoms with van der Waals surface area (Å²) in [6.45, 7) is 0. The van der Waals surface area contributed by atoms with Gasteiger partial charge >= 0.3 is 0 Å². The zero-order valence-electron chi connectivity index (χ0n) is 18.1. The predicted octanol–water partition coefficient (Wildman–Crippen LogP) is 4.86. The van der Waals surface area contributed by atoms with Gasteiger partial charge in [0, 0.05) is 24.0 Å². The Morgan fingerprint density at radius 3 is 1.42 bits per heavy atom. The molecular formula is C26H28O7. The van der Waals surface area contributed by atoms with Gasteiger partial charge in [-0.2, -0.15) is 0 Å². The standard InChI is InChI=1S/C26H28O7/c27-20-8-6-15(23(30)25(20)32)10-18-12-17(14-4-2-1-3-5-14)13-19(22(18)29)11-16-7-9-21(28)26(33)24(16)31/h6-9,12-14,27-33H,1-5,10-11H2. The molecule has 1 aliphatic rings. The van der Waals surface area contributed by atoms with Crippen molar-refractivity contribution in [1.82, 2.24) is 0 Å². The second-order valence-corrected chi connectivity index (χ2v) is 8.76. The summed E-state index contributed by atoms with van der Waals surface area (Å²) in [4.78, 5) is 0. The highest BCUT2D eigenvalue weighted by molar-refractivity contribution is 5.58. The molecule has 3 aromatic carbocycles. The summed E-state index contributed by atoms with van der Waals surface area (Å²) in [7, 11) is 0. The molecule has 33 heavy (non-hydrogen) atoms. The molecule has 1 fully saturated rings. The van der Waals surface area contributed by atoms with Crippen LogP contribution in [0.15, 0.2) is 36.4 Å². The fraction of sp³-hybridized carbons (Fsp3) is 0.308. The molecule has 0 heterocycles. The Morgan fingerprint density at radius 1 is 0.515 bits per heavy atom. The van der Waals surface area contributed by atoms with E-state index >= 15 is 0 Å². The molecule has 7 nitrogen and oxygen atoms in total. The number of phenols is 7. The second-order valence-electron chi connectivity index (χ2n) is 8.76. The number of benzene rings is 3. The molecule has 0 spiro atoms. The van der Waals surface area contributed by atoms with Crippen molar-refractivity contribution >= 4 is 0 Å². The zero-order valence-corrected chi connectivity index (χ0v) is 18.1. The van der Waals surface area contributed by atoms with Crippen LogP contribution in [0.4, 0.5) is 0 Å². The van der Waals surface area contributed by atoms with Gasteiger partial charge in [0.25, 0.3) is 0 Å². The van der Waals surface area contributed by atoms with Crippen molar-refractivity contribution in [2.45, 2.75) is 50.9 Å². The van der Waals surface area contributed by atoms with Gasteiger partial charge in [-0.1, -0.05) is 43.5 Å². The van der Waals surface area contributed by atoms with Gasteiger partial charge in [-0.15, -0.1) is 0 Å². The summed E-state index contributed by atoms with van der Waals surface area (Å²) in [5.41, 5.74) is 2.81. The van der Waals surface area contributed by atoms with Gasteiger partial charge in [-0.3, -0.25) is 0 Å². The van der Waals surface area contributed by atoms with E-state index in [9.17, 15) is 35.7 Å². The third-order valence-electron chi connectivity index (χ3n) is 6.56. The van der Waals surface area contributed by atoms with Crippen molar-refractivity contribution in [3.8, 4) is 40.2 Å². The molecular weight excluding hydrogens is 424 g/mol. The molecule has 4 rings (SSSR count). The second kappa shape index (κ2) is 9.02. The Hall–Kier alpha value is -3.74. The smallest absolute Gasteiger partial charge is 0.200 e. The van der Waals surface area contributed by atoms with Crippen molar-refractivity contribution < 1.29 is 35.7 Å². The van der Waals surface area contributed by atoms with Crippen molar-refractivity contribution in [3.63, 3.8) is 0 Å². The first-order chi connectivity index (χ1) is 15.8. The van der Waals surface area contributed by atoms with E-state index in [0.29, 0.717) is 28.2 Å². The van der Waals surface area contributed by atoms with Gasteiger partial charge in [0.05, 0.1) is 0 Å². The van der Waals surface area contributed by atoms with Crippen molar-refractivity contribution in [2.75, 3.05) is 0 Å². The lowest BCUT2D eigenvalue weighted by Crippen LogP contribution is -2.07. The van der Waals surface area contributed by atoms with Crippen LogP contribution in [0.2, 0.25) is 0 Å². The first kappa shape index (κ1) is 22.5. The number of rotatable bonds is 5. The first-order valence-corrected chi connectivity index (χ1v) is 11.1. The van der Waals surface area contributed by atoms with Crippen LogP contribution < -0.4 is 0 Å². The lowest BCUT2D eigenvalue weighted by molar-refractivity contribution is 0.365. The number of hydrogen-bond donors (Lipinski definition) is 7. The zero-order chi connectivity index (χ0) is 23.7. The molecule has 0 atom stereocenters. The Balaban J connectivity index is 1.77. The van der Waals surface area contributed by atoms with Crippen molar-refractivity contribution in [3.05, 3.63) is 64.2 Å². The molecule has 0 aromatic heterocycles. The highest BCUT2D eigenvalue weighted by atomic mass is 16.3. The molecule has 0 saturated heterocycles. The van der Waals surface area contributed by atoms with Crippen LogP contribution in [-0.2, 0) is 12.8 Å². The summed E-state index contributed by atoms with van der Waals surface area (Å²) in [6, 6.07) is 9.36. The van der Waals surface area contributed by atoms with Crippen LogP contribution in [0.1, 0.15) is 65.8 Å². The minimum absolute atomic E-state index is 0.0199. The van der Waals surface area contributed by atoms with Gasteiger partial charge in [-0.25, -0.2) is 0 Å². The third-order valence-corrected chi connectivity index (χ3v) is 6.56. The molecule has 1 saturated carbocycles. The normalized spacial score (nSPS) is 14.4. The Morgan fingerprint density at radius 2 is 0.970 bits per heavy atom. The van der Waals surface area contributed by atoms with Crippen LogP contribution in [0.25, 0.3) is 0 Å². The largest absolute Gasteiger partial charge is 0.507 e. The quantitative estimate of drug-likeness (QED) is 0.274. The first-order valence-electron chi connectivity index (χ1n) is 11.1. The minimum Gasteiger partial charge on any atom is -0.507 e. The Bertz CT molecular complexity index is 1100. The summed E-state index contributed by atoms with van der Waals surface area (Å²) in [5.74, 6) is -2.67. The fourth-order valence-corrected chi connectivity index (χ4v) is 4.65. The van der Waals surface area contributed by atoms with Crippen molar-refractivity contribution in [1.29, 1.82) is 0 Å². The third kappa shape index (κ3) is 4.44. The van der Waals surface area contributed by atoms with Gasteiger partial charge in [-0.05, 0) is 47.6 Å². The van der Waals surface area contributed by atoms with Crippen LogP contribution in [0.3, 0.4) is 0 Å². The van der Waals surface area contributed by atoms with E-state index in [1.54, 1.807) is 0 Å². The van der Waals surface area contributed by atoms with E-state index in [1.807, 2.05) is 12.1 Å². The van der Waals surface area contributed by atoms with E-state index < -0.39 is 34.5 Å². The minimum atomic E-state index is -0.611. The fourth-order valence-electron chi connectivity index (χ4n) is 4.65. The molecule has 174 valence electrons. The molecule has 0 bridgehead atoms. The van der Waals surface area contributed by atoms with Crippen LogP contribution in [-0.4, -0.2) is 35.7 Å². The summed E-state index contributed by atoms with van der Waals surface area (Å²) < 4.78 is 0. The lowest BCUT2D eigenvalue weighted by Gasteiger charge is -2.24. The summed E-state index contributed by atoms with van der Waals surface area (Å²) in [6.07, 6.45) is 5.72. The van der Waals surface area contributed by atoms with Crippen LogP contribution in [0, 0.1) is 0 Å². The Labute approximate surface area is 191 Å². The molecule has 7 N–H and O–H groups in total. The Kier molecular flexibility index (Phi) is 6.14. The van der Waals surface area contributed by atoms with Gasteiger partial charge in [0.2, 0.25) is 11.5 Å². The topological polar surface area (TPSA) is 142 Å². The average molecular weight is 453 g/mol. The number of aromatic hydroxyl groups is 7. The van der Waals surface area contributed by atoms with Crippen molar-refractivity contribution in [2.24, 2.45) is 0 Å². The number of phenolic OH excluding ortho intramolecular Hbond substituents is 7. The van der Waals surface area contributed by atoms with Crippen LogP contribution in [0.5, 0.6) is 40.2 Å². The highest BCUT2D eigenvalue weighted by Gasteiger charge is 2.22. The maximum atomic E-state index is 11.1. The number of hydrogen-bond acceptors (Lipinski definition) is 7. The lowest BCUT2D eigenvalue weighted by atomic mass is 9.81. The van der Waals surface area contributed by atoms with E-state index in [2.05, 4.69) is 0 Å². The van der Waals surface area contributed by atoms with Gasteiger partial charge in [0.1, 0.15) is 5.75 Å². The molecule has 0 unspecified atom stereocenters. The molecule has 0 radical (unpaired) electrons. The summed E-state index contributed by atoms with van der Waals surface area (Å²) >= 11 is 0. The molecule has 7 heteroatoms. The molecule has 0 amide bonds. The SMILES string of the molecule is Oc1ccc(Cc2cc(C3CCCCC3)cc(Cc3ccc(O)c(O)c3O)c2O)c(O)c1O. The van der Waals surface area contributed by atoms with E-state index in [4.69, 9.17) is 0 Å². The van der Waals surface area contributed by atoms with E-state index in [-0.39, 0.29) is 18.6 Å². The maximum absolute atomic E-state index is 11.1. The highest BCUT2D eigenvalue weighted by Crippen LogP contribution is 2.43. The molecule has 0 aliphatic heterocycles. The molecule has 3 aromatic rings. The van der Waals surface area contributed by atoms with Gasteiger partial charge < -0.3 is 35.7 Å². The maximum Gasteiger partial charge on any atom is 0.200 e. The van der Waals surface area contributed by atoms with E-state index in [1.165, 1.54) is 30.7 Å². The average Bonchev–Trinajstić information content (AvgIpc) is 2.82. The van der Waals surface area contributed by atoms with E-state index in [0.717, 1.165) is 31.2 Å². The molecule has 1 aliphatic carbocycles.